The Hall–Kier alpha value is -2.76. The van der Waals surface area contributed by atoms with Crippen LogP contribution < -0.4 is 9.80 Å². The first-order valence-electron chi connectivity index (χ1n) is 9.70. The van der Waals surface area contributed by atoms with E-state index in [-0.39, 0.29) is 17.6 Å². The van der Waals surface area contributed by atoms with Gasteiger partial charge in [-0.1, -0.05) is 59.6 Å². The Balaban J connectivity index is 1.62. The predicted octanol–water partition coefficient (Wildman–Crippen LogP) is 5.13. The Morgan fingerprint density at radius 2 is 1.67 bits per heavy atom. The van der Waals surface area contributed by atoms with Crippen molar-refractivity contribution >= 4 is 46.6 Å². The summed E-state index contributed by atoms with van der Waals surface area (Å²) in [5.74, 6) is 0.123. The molecule has 1 spiro atoms. The Morgan fingerprint density at radius 1 is 0.967 bits per heavy atom. The number of nitrogens with zero attached hydrogens (tertiary/aromatic N) is 2. The Kier molecular flexibility index (Phi) is 4.60. The number of thioether (sulfide) groups is 1. The van der Waals surface area contributed by atoms with E-state index in [4.69, 9.17) is 11.6 Å². The number of fused-ring (bicyclic) bond motifs is 2. The smallest absolute Gasteiger partial charge is 0.269 e. The zero-order valence-electron chi connectivity index (χ0n) is 16.3. The highest BCUT2D eigenvalue weighted by Gasteiger charge is 2.60. The van der Waals surface area contributed by atoms with Gasteiger partial charge in [-0.15, -0.1) is 11.8 Å². The lowest BCUT2D eigenvalue weighted by molar-refractivity contribution is -0.123. The maximum absolute atomic E-state index is 13.9. The molecule has 5 rings (SSSR count). The molecular formula is C24H19ClN2O2S. The van der Waals surface area contributed by atoms with Crippen LogP contribution in [-0.2, 0) is 21.0 Å². The first-order chi connectivity index (χ1) is 14.5. The van der Waals surface area contributed by atoms with Gasteiger partial charge in [-0.05, 0) is 42.8 Å². The summed E-state index contributed by atoms with van der Waals surface area (Å²) in [6, 6.07) is 23.0. The van der Waals surface area contributed by atoms with Crippen LogP contribution in [0.3, 0.4) is 0 Å². The van der Waals surface area contributed by atoms with Crippen LogP contribution in [0.2, 0.25) is 5.02 Å². The van der Waals surface area contributed by atoms with Gasteiger partial charge in [-0.3, -0.25) is 14.5 Å². The number of para-hydroxylation sites is 1. The third kappa shape index (κ3) is 2.84. The third-order valence-electron chi connectivity index (χ3n) is 5.61. The zero-order valence-corrected chi connectivity index (χ0v) is 17.9. The van der Waals surface area contributed by atoms with E-state index in [0.29, 0.717) is 11.6 Å². The monoisotopic (exact) mass is 434 g/mol. The number of hydrogen-bond acceptors (Lipinski definition) is 3. The molecule has 2 amide bonds. The maximum atomic E-state index is 13.9. The first kappa shape index (κ1) is 19.2. The van der Waals surface area contributed by atoms with Gasteiger partial charge >= 0.3 is 0 Å². The largest absolute Gasteiger partial charge is 0.304 e. The Labute approximate surface area is 184 Å². The molecule has 4 nitrogen and oxygen atoms in total. The molecule has 0 aromatic heterocycles. The third-order valence-corrected chi connectivity index (χ3v) is 7.25. The molecule has 0 saturated carbocycles. The van der Waals surface area contributed by atoms with E-state index in [1.54, 1.807) is 9.80 Å². The molecule has 30 heavy (non-hydrogen) atoms. The van der Waals surface area contributed by atoms with Gasteiger partial charge in [-0.2, -0.15) is 0 Å². The second-order valence-corrected chi connectivity index (χ2v) is 9.14. The topological polar surface area (TPSA) is 40.6 Å². The standard InChI is InChI=1S/C24H19ClN2O2S/c1-16-6-12-19(13-7-16)27-22(28)15-30-24(27)20-4-2-3-5-21(20)26(23(24)29)14-17-8-10-18(25)11-9-17/h2-13H,14-15H2,1H3/t24-/m1/s1. The van der Waals surface area contributed by atoms with Gasteiger partial charge in [0.1, 0.15) is 0 Å². The molecule has 1 atom stereocenters. The lowest BCUT2D eigenvalue weighted by atomic mass is 10.0. The molecular weight excluding hydrogens is 416 g/mol. The minimum Gasteiger partial charge on any atom is -0.304 e. The van der Waals surface area contributed by atoms with Crippen molar-refractivity contribution < 1.29 is 9.59 Å². The van der Waals surface area contributed by atoms with E-state index in [9.17, 15) is 9.59 Å². The summed E-state index contributed by atoms with van der Waals surface area (Å²) >= 11 is 7.42. The number of carbonyl (C=O) groups is 2. The van der Waals surface area contributed by atoms with Crippen molar-refractivity contribution in [3.8, 4) is 0 Å². The molecule has 6 heteroatoms. The van der Waals surface area contributed by atoms with Crippen LogP contribution in [-0.4, -0.2) is 17.6 Å². The molecule has 0 bridgehead atoms. The summed E-state index contributed by atoms with van der Waals surface area (Å²) in [7, 11) is 0. The minimum absolute atomic E-state index is 0.0552. The molecule has 1 fully saturated rings. The molecule has 3 aromatic rings. The number of carbonyl (C=O) groups excluding carboxylic acids is 2. The molecule has 3 aromatic carbocycles. The number of halogens is 1. The molecule has 2 heterocycles. The molecule has 0 unspecified atom stereocenters. The average molecular weight is 435 g/mol. The van der Waals surface area contributed by atoms with E-state index in [0.717, 1.165) is 28.1 Å². The van der Waals surface area contributed by atoms with Gasteiger partial charge in [0.15, 0.2) is 0 Å². The maximum Gasteiger partial charge on any atom is 0.269 e. The summed E-state index contributed by atoms with van der Waals surface area (Å²) in [5.41, 5.74) is 4.54. The van der Waals surface area contributed by atoms with Crippen molar-refractivity contribution in [3.05, 3.63) is 94.5 Å². The second kappa shape index (κ2) is 7.18. The average Bonchev–Trinajstić information content (AvgIpc) is 3.22. The van der Waals surface area contributed by atoms with Crippen LogP contribution in [0.1, 0.15) is 16.7 Å². The lowest BCUT2D eigenvalue weighted by Gasteiger charge is -2.33. The normalized spacial score (nSPS) is 20.3. The van der Waals surface area contributed by atoms with Crippen molar-refractivity contribution in [1.82, 2.24) is 0 Å². The quantitative estimate of drug-likeness (QED) is 0.574. The minimum atomic E-state index is -1.07. The molecule has 0 aliphatic carbocycles. The van der Waals surface area contributed by atoms with E-state index < -0.39 is 4.87 Å². The highest BCUT2D eigenvalue weighted by atomic mass is 35.5. The van der Waals surface area contributed by atoms with Gasteiger partial charge in [0, 0.05) is 16.3 Å². The van der Waals surface area contributed by atoms with Crippen molar-refractivity contribution in [1.29, 1.82) is 0 Å². The molecule has 150 valence electrons. The summed E-state index contributed by atoms with van der Waals surface area (Å²) < 4.78 is 0. The van der Waals surface area contributed by atoms with Crippen molar-refractivity contribution in [3.63, 3.8) is 0 Å². The predicted molar refractivity (Wildman–Crippen MR) is 122 cm³/mol. The second-order valence-electron chi connectivity index (χ2n) is 7.53. The van der Waals surface area contributed by atoms with E-state index in [1.807, 2.05) is 79.7 Å². The van der Waals surface area contributed by atoms with E-state index >= 15 is 0 Å². The zero-order chi connectivity index (χ0) is 20.9. The lowest BCUT2D eigenvalue weighted by Crippen LogP contribution is -2.49. The van der Waals surface area contributed by atoms with Crippen LogP contribution in [0.25, 0.3) is 0 Å². The van der Waals surface area contributed by atoms with Gasteiger partial charge in [0.2, 0.25) is 10.8 Å². The SMILES string of the molecule is Cc1ccc(N2C(=O)CS[C@]23C(=O)N(Cc2ccc(Cl)cc2)c2ccccc23)cc1. The first-order valence-corrected chi connectivity index (χ1v) is 11.1. The Morgan fingerprint density at radius 3 is 2.40 bits per heavy atom. The highest BCUT2D eigenvalue weighted by Crippen LogP contribution is 2.55. The fourth-order valence-corrected chi connectivity index (χ4v) is 5.66. The Bertz CT molecular complexity index is 1150. The van der Waals surface area contributed by atoms with Gasteiger partial charge in [0.05, 0.1) is 18.0 Å². The summed E-state index contributed by atoms with van der Waals surface area (Å²) in [6.07, 6.45) is 0. The van der Waals surface area contributed by atoms with Crippen LogP contribution in [0, 0.1) is 6.92 Å². The number of rotatable bonds is 3. The fourth-order valence-electron chi connectivity index (χ4n) is 4.18. The molecule has 2 aliphatic rings. The van der Waals surface area contributed by atoms with Crippen LogP contribution in [0.5, 0.6) is 0 Å². The van der Waals surface area contributed by atoms with E-state index in [2.05, 4.69) is 0 Å². The van der Waals surface area contributed by atoms with Gasteiger partial charge in [-0.25, -0.2) is 0 Å². The van der Waals surface area contributed by atoms with Crippen LogP contribution >= 0.6 is 23.4 Å². The molecule has 1 saturated heterocycles. The number of benzene rings is 3. The highest BCUT2D eigenvalue weighted by molar-refractivity contribution is 8.02. The number of aryl methyl sites for hydroxylation is 1. The molecule has 2 aliphatic heterocycles. The number of anilines is 2. The summed E-state index contributed by atoms with van der Waals surface area (Å²) in [6.45, 7) is 2.43. The van der Waals surface area contributed by atoms with Crippen molar-refractivity contribution in [2.24, 2.45) is 0 Å². The number of amides is 2. The molecule has 0 radical (unpaired) electrons. The van der Waals surface area contributed by atoms with Gasteiger partial charge < -0.3 is 4.90 Å². The van der Waals surface area contributed by atoms with Crippen molar-refractivity contribution in [2.45, 2.75) is 18.3 Å². The van der Waals surface area contributed by atoms with Gasteiger partial charge in [0.25, 0.3) is 5.91 Å². The van der Waals surface area contributed by atoms with E-state index in [1.165, 1.54) is 11.8 Å². The van der Waals surface area contributed by atoms with Crippen LogP contribution in [0.4, 0.5) is 11.4 Å². The summed E-state index contributed by atoms with van der Waals surface area (Å²) in [5, 5.41) is 0.658. The fraction of sp³-hybridized carbons (Fsp3) is 0.167. The van der Waals surface area contributed by atoms with Crippen LogP contribution in [0.15, 0.2) is 72.8 Å². The number of hydrogen-bond donors (Lipinski definition) is 0. The summed E-state index contributed by atoms with van der Waals surface area (Å²) in [4.78, 5) is 29.3. The molecule has 0 N–H and O–H groups in total. The van der Waals surface area contributed by atoms with Crippen molar-refractivity contribution in [2.75, 3.05) is 15.6 Å².